The van der Waals surface area contributed by atoms with Gasteiger partial charge in [-0.1, -0.05) is 22.6 Å². The topological polar surface area (TPSA) is 0 Å². The van der Waals surface area contributed by atoms with Crippen molar-refractivity contribution in [1.82, 2.24) is 0 Å². The van der Waals surface area contributed by atoms with Gasteiger partial charge < -0.3 is 0 Å². The average molecular weight is 530 g/mol. The SMILES string of the molecule is FC(F)(F)C(F)(F)CCC(F)(F)C(F)(F)CCC(F)(F)C(F)(F)CCI. The molecule has 0 unspecified atom stereocenters. The molecule has 0 aliphatic carbocycles. The fourth-order valence-electron chi connectivity index (χ4n) is 1.62. The number of hydrogen-bond donors (Lipinski definition) is 0. The van der Waals surface area contributed by atoms with Crippen LogP contribution in [-0.2, 0) is 0 Å². The third-order valence-electron chi connectivity index (χ3n) is 3.40. The van der Waals surface area contributed by atoms with Gasteiger partial charge in [-0.3, -0.25) is 0 Å². The van der Waals surface area contributed by atoms with Crippen molar-refractivity contribution in [1.29, 1.82) is 0 Å². The summed E-state index contributed by atoms with van der Waals surface area (Å²) in [6.07, 6.45) is -18.0. The van der Waals surface area contributed by atoms with Gasteiger partial charge >= 0.3 is 35.8 Å². The number of hydrogen-bond acceptors (Lipinski definition) is 0. The van der Waals surface area contributed by atoms with Crippen LogP contribution in [0.1, 0.15) is 32.1 Å². The first-order valence-electron chi connectivity index (χ1n) is 6.74. The first-order chi connectivity index (χ1) is 11.2. The van der Waals surface area contributed by atoms with E-state index in [1.54, 1.807) is 0 Å². The van der Waals surface area contributed by atoms with E-state index in [-0.39, 0.29) is 0 Å². The van der Waals surface area contributed by atoms with Crippen molar-refractivity contribution in [2.24, 2.45) is 0 Å². The molecule has 0 saturated carbocycles. The third kappa shape index (κ3) is 6.17. The quantitative estimate of drug-likeness (QED) is 0.161. The Balaban J connectivity index is 5.08. The highest BCUT2D eigenvalue weighted by Crippen LogP contribution is 2.48. The molecule has 0 aromatic heterocycles. The highest BCUT2D eigenvalue weighted by molar-refractivity contribution is 14.1. The van der Waals surface area contributed by atoms with Gasteiger partial charge in [-0.05, 0) is 0 Å². The molecule has 0 saturated heterocycles. The maximum atomic E-state index is 13.3. The summed E-state index contributed by atoms with van der Waals surface area (Å²) in [7, 11) is 0. The summed E-state index contributed by atoms with van der Waals surface area (Å²) in [5.41, 5.74) is 0. The largest absolute Gasteiger partial charge is 0.453 e. The van der Waals surface area contributed by atoms with Gasteiger partial charge in [0.1, 0.15) is 0 Å². The molecule has 0 rings (SSSR count). The van der Waals surface area contributed by atoms with E-state index < -0.39 is 72.3 Å². The predicted octanol–water partition coefficient (Wildman–Crippen LogP) is 7.11. The molecule has 0 fully saturated rings. The van der Waals surface area contributed by atoms with Crippen molar-refractivity contribution < 1.29 is 57.1 Å². The lowest BCUT2D eigenvalue weighted by Crippen LogP contribution is -2.47. The van der Waals surface area contributed by atoms with Crippen molar-refractivity contribution in [2.75, 3.05) is 4.43 Å². The Hall–Kier alpha value is -0.180. The summed E-state index contributed by atoms with van der Waals surface area (Å²) in [6.45, 7) is 0. The molecular formula is C12H12F13I. The molecule has 0 aromatic carbocycles. The minimum atomic E-state index is -6.27. The normalized spacial score (nSPS) is 15.5. The molecule has 0 nitrogen and oxygen atoms in total. The van der Waals surface area contributed by atoms with E-state index in [0.29, 0.717) is 0 Å². The van der Waals surface area contributed by atoms with E-state index >= 15 is 0 Å². The fraction of sp³-hybridized carbons (Fsp3) is 1.00. The van der Waals surface area contributed by atoms with Gasteiger partial charge in [0.05, 0.1) is 0 Å². The molecule has 0 heterocycles. The molecule has 0 aromatic rings. The molecule has 0 atom stereocenters. The third-order valence-corrected chi connectivity index (χ3v) is 3.94. The molecule has 14 heteroatoms. The lowest BCUT2D eigenvalue weighted by atomic mass is 9.95. The lowest BCUT2D eigenvalue weighted by Gasteiger charge is -2.31. The van der Waals surface area contributed by atoms with Gasteiger partial charge in [0.2, 0.25) is 0 Å². The van der Waals surface area contributed by atoms with Crippen molar-refractivity contribution >= 4 is 22.6 Å². The minimum absolute atomic E-state index is 0.501. The highest BCUT2D eigenvalue weighted by atomic mass is 127. The fourth-order valence-corrected chi connectivity index (χ4v) is 2.30. The second kappa shape index (κ2) is 8.05. The molecule has 0 spiro atoms. The van der Waals surface area contributed by atoms with Crippen molar-refractivity contribution in [3.63, 3.8) is 0 Å². The van der Waals surface area contributed by atoms with Crippen LogP contribution >= 0.6 is 22.6 Å². The number of halogens is 14. The zero-order chi connectivity index (χ0) is 21.2. The Morgan fingerprint density at radius 2 is 0.615 bits per heavy atom. The molecule has 0 aliphatic heterocycles. The maximum absolute atomic E-state index is 13.3. The standard InChI is InChI=1S/C12H12F13I/c13-7(14,1-2-9(17,18)10(19,20)5-6-26)8(15,16)3-4-11(21,22)12(23,24)25/h1-6H2. The summed E-state index contributed by atoms with van der Waals surface area (Å²) in [5.74, 6) is -26.6. The van der Waals surface area contributed by atoms with Crippen LogP contribution < -0.4 is 0 Å². The Bertz CT molecular complexity index is 455. The average Bonchev–Trinajstić information content (AvgIpc) is 2.42. The summed E-state index contributed by atoms with van der Waals surface area (Å²) in [5, 5.41) is 0. The van der Waals surface area contributed by atoms with Gasteiger partial charge in [0.15, 0.2) is 0 Å². The Morgan fingerprint density at radius 3 is 0.846 bits per heavy atom. The van der Waals surface area contributed by atoms with Gasteiger partial charge in [-0.2, -0.15) is 57.1 Å². The first kappa shape index (κ1) is 25.8. The zero-order valence-electron chi connectivity index (χ0n) is 12.5. The van der Waals surface area contributed by atoms with Crippen LogP contribution in [0, 0.1) is 0 Å². The van der Waals surface area contributed by atoms with Crippen LogP contribution in [0.2, 0.25) is 0 Å². The van der Waals surface area contributed by atoms with E-state index in [4.69, 9.17) is 0 Å². The van der Waals surface area contributed by atoms with Crippen LogP contribution in [0.3, 0.4) is 0 Å². The number of alkyl halides is 14. The molecule has 26 heavy (non-hydrogen) atoms. The van der Waals surface area contributed by atoms with E-state index in [9.17, 15) is 57.1 Å². The summed E-state index contributed by atoms with van der Waals surface area (Å²) in [4.78, 5) is 0. The van der Waals surface area contributed by atoms with Gasteiger partial charge in [0, 0.05) is 36.5 Å². The monoisotopic (exact) mass is 530 g/mol. The Labute approximate surface area is 152 Å². The Morgan fingerprint density at radius 1 is 0.385 bits per heavy atom. The van der Waals surface area contributed by atoms with Crippen LogP contribution in [0.4, 0.5) is 57.1 Å². The first-order valence-corrected chi connectivity index (χ1v) is 8.27. The highest BCUT2D eigenvalue weighted by Gasteiger charge is 2.63. The van der Waals surface area contributed by atoms with E-state index in [2.05, 4.69) is 0 Å². The predicted molar refractivity (Wildman–Crippen MR) is 72.8 cm³/mol. The molecular weight excluding hydrogens is 518 g/mol. The van der Waals surface area contributed by atoms with E-state index in [0.717, 1.165) is 0 Å². The maximum Gasteiger partial charge on any atom is 0.453 e. The van der Waals surface area contributed by atoms with Gasteiger partial charge in [-0.15, -0.1) is 0 Å². The lowest BCUT2D eigenvalue weighted by molar-refractivity contribution is -0.295. The van der Waals surface area contributed by atoms with E-state index in [1.807, 2.05) is 0 Å². The van der Waals surface area contributed by atoms with E-state index in [1.165, 1.54) is 22.6 Å². The van der Waals surface area contributed by atoms with Crippen molar-refractivity contribution in [3.05, 3.63) is 0 Å². The summed E-state index contributed by atoms with van der Waals surface area (Å²) >= 11 is 1.29. The Kier molecular flexibility index (Phi) is 8.00. The minimum Gasteiger partial charge on any atom is -0.200 e. The van der Waals surface area contributed by atoms with Crippen LogP contribution in [0.25, 0.3) is 0 Å². The smallest absolute Gasteiger partial charge is 0.200 e. The van der Waals surface area contributed by atoms with Gasteiger partial charge in [0.25, 0.3) is 0 Å². The summed E-state index contributed by atoms with van der Waals surface area (Å²) < 4.78 is 166. The molecule has 158 valence electrons. The molecule has 0 aliphatic rings. The second-order valence-electron chi connectivity index (χ2n) is 5.46. The zero-order valence-corrected chi connectivity index (χ0v) is 14.7. The van der Waals surface area contributed by atoms with Crippen molar-refractivity contribution in [2.45, 2.75) is 67.9 Å². The van der Waals surface area contributed by atoms with Gasteiger partial charge in [-0.25, -0.2) is 0 Å². The molecule has 0 radical (unpaired) electrons. The van der Waals surface area contributed by atoms with Crippen LogP contribution in [0.15, 0.2) is 0 Å². The molecule has 0 N–H and O–H groups in total. The summed E-state index contributed by atoms with van der Waals surface area (Å²) in [6, 6.07) is 0. The second-order valence-corrected chi connectivity index (χ2v) is 6.54. The molecule has 0 bridgehead atoms. The van der Waals surface area contributed by atoms with Crippen molar-refractivity contribution in [3.8, 4) is 0 Å². The number of rotatable bonds is 10. The van der Waals surface area contributed by atoms with Crippen LogP contribution in [0.5, 0.6) is 0 Å². The molecule has 0 amide bonds. The van der Waals surface area contributed by atoms with Crippen LogP contribution in [-0.4, -0.2) is 40.2 Å².